The van der Waals surface area contributed by atoms with Crippen LogP contribution in [0.1, 0.15) is 12.5 Å². The van der Waals surface area contributed by atoms with E-state index in [1.807, 2.05) is 18.8 Å². The van der Waals surface area contributed by atoms with E-state index in [1.165, 1.54) is 0 Å². The lowest BCUT2D eigenvalue weighted by atomic mass is 10.3. The molecule has 0 aromatic carbocycles. The summed E-state index contributed by atoms with van der Waals surface area (Å²) in [4.78, 5) is 10.6. The van der Waals surface area contributed by atoms with Crippen molar-refractivity contribution in [2.75, 3.05) is 24.0 Å². The highest BCUT2D eigenvalue weighted by Crippen LogP contribution is 2.12. The molecule has 84 valence electrons. The molecule has 0 amide bonds. The molecule has 1 heterocycles. The SMILES string of the molecule is CSCC(C)N(C)c1ncc(CCl)cn1. The minimum atomic E-state index is 0.432. The average molecular weight is 246 g/mol. The van der Waals surface area contributed by atoms with Gasteiger partial charge < -0.3 is 4.90 Å². The van der Waals surface area contributed by atoms with Gasteiger partial charge in [-0.05, 0) is 13.2 Å². The molecular weight excluding hydrogens is 230 g/mol. The molecule has 0 bridgehead atoms. The van der Waals surface area contributed by atoms with E-state index in [-0.39, 0.29) is 0 Å². The molecule has 0 spiro atoms. The van der Waals surface area contributed by atoms with Crippen LogP contribution in [0.5, 0.6) is 0 Å². The van der Waals surface area contributed by atoms with Gasteiger partial charge in [0.1, 0.15) is 0 Å². The van der Waals surface area contributed by atoms with E-state index in [2.05, 4.69) is 28.0 Å². The first-order valence-electron chi connectivity index (χ1n) is 4.77. The fourth-order valence-corrected chi connectivity index (χ4v) is 1.99. The van der Waals surface area contributed by atoms with E-state index >= 15 is 0 Å². The van der Waals surface area contributed by atoms with E-state index in [1.54, 1.807) is 12.4 Å². The summed E-state index contributed by atoms with van der Waals surface area (Å²) in [7, 11) is 2.01. The first kappa shape index (κ1) is 12.6. The van der Waals surface area contributed by atoms with Crippen molar-refractivity contribution in [1.82, 2.24) is 9.97 Å². The van der Waals surface area contributed by atoms with Crippen molar-refractivity contribution in [3.63, 3.8) is 0 Å². The van der Waals surface area contributed by atoms with Crippen molar-refractivity contribution in [2.45, 2.75) is 18.8 Å². The van der Waals surface area contributed by atoms with Crippen molar-refractivity contribution in [2.24, 2.45) is 0 Å². The summed E-state index contributed by atoms with van der Waals surface area (Å²) in [6, 6.07) is 0.432. The molecule has 1 aromatic heterocycles. The van der Waals surface area contributed by atoms with Gasteiger partial charge in [0.2, 0.25) is 5.95 Å². The molecular formula is C10H16ClN3S. The predicted molar refractivity (Wildman–Crippen MR) is 67.8 cm³/mol. The van der Waals surface area contributed by atoms with Crippen LogP contribution in [0.15, 0.2) is 12.4 Å². The maximum absolute atomic E-state index is 5.67. The first-order chi connectivity index (χ1) is 7.19. The summed E-state index contributed by atoms with van der Waals surface area (Å²) in [5, 5.41) is 0. The zero-order chi connectivity index (χ0) is 11.3. The van der Waals surface area contributed by atoms with Crippen molar-refractivity contribution in [3.8, 4) is 0 Å². The molecule has 0 radical (unpaired) electrons. The highest BCUT2D eigenvalue weighted by Gasteiger charge is 2.11. The van der Waals surface area contributed by atoms with Gasteiger partial charge in [0.05, 0.1) is 5.88 Å². The minimum absolute atomic E-state index is 0.432. The van der Waals surface area contributed by atoms with E-state index in [9.17, 15) is 0 Å². The number of hydrogen-bond acceptors (Lipinski definition) is 4. The van der Waals surface area contributed by atoms with Gasteiger partial charge in [-0.15, -0.1) is 11.6 Å². The highest BCUT2D eigenvalue weighted by molar-refractivity contribution is 7.98. The van der Waals surface area contributed by atoms with Crippen molar-refractivity contribution >= 4 is 29.3 Å². The number of aromatic nitrogens is 2. The summed E-state index contributed by atoms with van der Waals surface area (Å²) in [5.41, 5.74) is 0.950. The summed E-state index contributed by atoms with van der Waals surface area (Å²) in [6.07, 6.45) is 5.65. The van der Waals surface area contributed by atoms with Crippen LogP contribution in [0.25, 0.3) is 0 Å². The second-order valence-electron chi connectivity index (χ2n) is 3.44. The molecule has 15 heavy (non-hydrogen) atoms. The van der Waals surface area contributed by atoms with Crippen LogP contribution >= 0.6 is 23.4 Å². The molecule has 1 rings (SSSR count). The lowest BCUT2D eigenvalue weighted by Crippen LogP contribution is -2.32. The quantitative estimate of drug-likeness (QED) is 0.745. The average Bonchev–Trinajstić information content (AvgIpc) is 2.28. The number of alkyl halides is 1. The minimum Gasteiger partial charge on any atom is -0.340 e. The summed E-state index contributed by atoms with van der Waals surface area (Å²) in [5.74, 6) is 2.28. The monoisotopic (exact) mass is 245 g/mol. The molecule has 0 aliphatic carbocycles. The van der Waals surface area contributed by atoms with Gasteiger partial charge in [0, 0.05) is 36.8 Å². The van der Waals surface area contributed by atoms with E-state index in [0.717, 1.165) is 17.3 Å². The second kappa shape index (κ2) is 6.18. The van der Waals surface area contributed by atoms with Crippen LogP contribution in [0.3, 0.4) is 0 Å². The zero-order valence-corrected chi connectivity index (χ0v) is 10.8. The van der Waals surface area contributed by atoms with Gasteiger partial charge in [-0.1, -0.05) is 0 Å². The zero-order valence-electron chi connectivity index (χ0n) is 9.27. The molecule has 0 saturated heterocycles. The molecule has 0 fully saturated rings. The second-order valence-corrected chi connectivity index (χ2v) is 4.62. The topological polar surface area (TPSA) is 29.0 Å². The molecule has 3 nitrogen and oxygen atoms in total. The number of halogens is 1. The van der Waals surface area contributed by atoms with Gasteiger partial charge in [-0.3, -0.25) is 0 Å². The third-order valence-electron chi connectivity index (χ3n) is 2.23. The van der Waals surface area contributed by atoms with Crippen molar-refractivity contribution in [3.05, 3.63) is 18.0 Å². The Kier molecular flexibility index (Phi) is 5.19. The third-order valence-corrected chi connectivity index (χ3v) is 3.35. The van der Waals surface area contributed by atoms with Crippen molar-refractivity contribution in [1.29, 1.82) is 0 Å². The Labute approximate surface area is 100 Å². The molecule has 1 unspecified atom stereocenters. The Balaban J connectivity index is 2.69. The van der Waals surface area contributed by atoms with Crippen molar-refractivity contribution < 1.29 is 0 Å². The molecule has 0 aliphatic heterocycles. The number of thioether (sulfide) groups is 1. The fourth-order valence-electron chi connectivity index (χ4n) is 1.15. The van der Waals surface area contributed by atoms with Gasteiger partial charge in [0.25, 0.3) is 0 Å². The van der Waals surface area contributed by atoms with Gasteiger partial charge in [-0.2, -0.15) is 11.8 Å². The largest absolute Gasteiger partial charge is 0.340 e. The normalized spacial score (nSPS) is 12.5. The summed E-state index contributed by atoms with van der Waals surface area (Å²) in [6.45, 7) is 2.16. The molecule has 5 heteroatoms. The van der Waals surface area contributed by atoms with Crippen LogP contribution in [0.2, 0.25) is 0 Å². The van der Waals surface area contributed by atoms with E-state index in [4.69, 9.17) is 11.6 Å². The van der Waals surface area contributed by atoms with Crippen LogP contribution in [-0.4, -0.2) is 35.1 Å². The van der Waals surface area contributed by atoms with Gasteiger partial charge in [-0.25, -0.2) is 9.97 Å². The Morgan fingerprint density at radius 2 is 2.07 bits per heavy atom. The fraction of sp³-hybridized carbons (Fsp3) is 0.600. The summed E-state index contributed by atoms with van der Waals surface area (Å²) >= 11 is 7.50. The Morgan fingerprint density at radius 1 is 1.47 bits per heavy atom. The number of anilines is 1. The highest BCUT2D eigenvalue weighted by atomic mass is 35.5. The van der Waals surface area contributed by atoms with Crippen LogP contribution in [0.4, 0.5) is 5.95 Å². The molecule has 0 N–H and O–H groups in total. The molecule has 1 atom stereocenters. The lowest BCUT2D eigenvalue weighted by molar-refractivity contribution is 0.737. The lowest BCUT2D eigenvalue weighted by Gasteiger charge is -2.24. The molecule has 0 saturated carbocycles. The Morgan fingerprint density at radius 3 is 2.53 bits per heavy atom. The Bertz CT molecular complexity index is 291. The first-order valence-corrected chi connectivity index (χ1v) is 6.70. The standard InChI is InChI=1S/C10H16ClN3S/c1-8(7-15-3)14(2)10-12-5-9(4-11)6-13-10/h5-6,8H,4,7H2,1-3H3. The smallest absolute Gasteiger partial charge is 0.225 e. The van der Waals surface area contributed by atoms with Crippen LogP contribution in [-0.2, 0) is 5.88 Å². The maximum atomic E-state index is 5.67. The van der Waals surface area contributed by atoms with Crippen LogP contribution < -0.4 is 4.90 Å². The van der Waals surface area contributed by atoms with Crippen LogP contribution in [0, 0.1) is 0 Å². The van der Waals surface area contributed by atoms with E-state index < -0.39 is 0 Å². The Hall–Kier alpha value is -0.480. The molecule has 1 aromatic rings. The van der Waals surface area contributed by atoms with E-state index in [0.29, 0.717) is 11.9 Å². The predicted octanol–water partition coefficient (Wildman–Crippen LogP) is 2.40. The number of nitrogens with zero attached hydrogens (tertiary/aromatic N) is 3. The summed E-state index contributed by atoms with van der Waals surface area (Å²) < 4.78 is 0. The molecule has 0 aliphatic rings. The number of hydrogen-bond donors (Lipinski definition) is 0. The van der Waals surface area contributed by atoms with Gasteiger partial charge in [0.15, 0.2) is 0 Å². The third kappa shape index (κ3) is 3.54. The van der Waals surface area contributed by atoms with Gasteiger partial charge >= 0.3 is 0 Å². The number of rotatable bonds is 5. The maximum Gasteiger partial charge on any atom is 0.225 e.